The van der Waals surface area contributed by atoms with Crippen LogP contribution in [0.1, 0.15) is 49.7 Å². The van der Waals surface area contributed by atoms with Crippen LogP contribution < -0.4 is 4.74 Å². The van der Waals surface area contributed by atoms with Gasteiger partial charge in [-0.15, -0.1) is 0 Å². The Morgan fingerprint density at radius 2 is 2.00 bits per heavy atom. The maximum atomic E-state index is 12.7. The summed E-state index contributed by atoms with van der Waals surface area (Å²) in [6, 6.07) is 6.50. The lowest BCUT2D eigenvalue weighted by molar-refractivity contribution is -0.141. The molecule has 150 valence electrons. The molecule has 0 bridgehead atoms. The maximum absolute atomic E-state index is 12.7. The Bertz CT molecular complexity index is 657. The molecule has 3 rings (SSSR count). The molecule has 1 aliphatic heterocycles. The number of aliphatic hydroxyl groups is 1. The predicted molar refractivity (Wildman–Crippen MR) is 107 cm³/mol. The van der Waals surface area contributed by atoms with Crippen molar-refractivity contribution in [3.8, 4) is 5.75 Å². The first kappa shape index (κ1) is 20.2. The van der Waals surface area contributed by atoms with Crippen LogP contribution in [0.3, 0.4) is 0 Å². The normalized spacial score (nSPS) is 23.8. The Kier molecular flexibility index (Phi) is 6.43. The van der Waals surface area contributed by atoms with Crippen LogP contribution >= 0.6 is 0 Å². The minimum atomic E-state index is -0.974. The SMILES string of the molecule is Cc1ccc(OCC2(O)CCCN(C(=O)CN(C)C3CCCC3)C2)cc1C. The van der Waals surface area contributed by atoms with E-state index in [2.05, 4.69) is 18.7 Å². The quantitative estimate of drug-likeness (QED) is 0.832. The van der Waals surface area contributed by atoms with Crippen molar-refractivity contribution in [2.24, 2.45) is 0 Å². The highest BCUT2D eigenvalue weighted by molar-refractivity contribution is 5.78. The number of hydrogen-bond acceptors (Lipinski definition) is 4. The van der Waals surface area contributed by atoms with Crippen molar-refractivity contribution >= 4 is 5.91 Å². The molecule has 5 heteroatoms. The average Bonchev–Trinajstić information content (AvgIpc) is 3.18. The van der Waals surface area contributed by atoms with Crippen molar-refractivity contribution in [1.82, 2.24) is 9.80 Å². The summed E-state index contributed by atoms with van der Waals surface area (Å²) in [5.74, 6) is 0.893. The number of benzene rings is 1. The van der Waals surface area contributed by atoms with Gasteiger partial charge in [0.1, 0.15) is 18.0 Å². The Morgan fingerprint density at radius 1 is 1.26 bits per heavy atom. The molecule has 1 aromatic rings. The number of rotatable bonds is 6. The summed E-state index contributed by atoms with van der Waals surface area (Å²) in [7, 11) is 2.05. The van der Waals surface area contributed by atoms with E-state index in [9.17, 15) is 9.90 Å². The number of likely N-dealkylation sites (N-methyl/N-ethyl adjacent to an activating group) is 1. The number of hydrogen-bond donors (Lipinski definition) is 1. The van der Waals surface area contributed by atoms with Gasteiger partial charge in [0.2, 0.25) is 5.91 Å². The van der Waals surface area contributed by atoms with E-state index in [1.54, 1.807) is 0 Å². The highest BCUT2D eigenvalue weighted by atomic mass is 16.5. The average molecular weight is 375 g/mol. The summed E-state index contributed by atoms with van der Waals surface area (Å²) < 4.78 is 5.88. The fourth-order valence-electron chi connectivity index (χ4n) is 4.25. The third-order valence-electron chi connectivity index (χ3n) is 6.23. The third-order valence-corrected chi connectivity index (χ3v) is 6.23. The monoisotopic (exact) mass is 374 g/mol. The molecule has 0 aromatic heterocycles. The molecule has 1 heterocycles. The van der Waals surface area contributed by atoms with Gasteiger partial charge >= 0.3 is 0 Å². The first-order valence-corrected chi connectivity index (χ1v) is 10.3. The van der Waals surface area contributed by atoms with Gasteiger partial charge in [0.15, 0.2) is 0 Å². The van der Waals surface area contributed by atoms with Gasteiger partial charge in [0.25, 0.3) is 0 Å². The lowest BCUT2D eigenvalue weighted by atomic mass is 9.93. The van der Waals surface area contributed by atoms with Crippen LogP contribution in [0.5, 0.6) is 5.75 Å². The number of β-amino-alcohol motifs (C(OH)–C–C–N with tert-alkyl or cyclic N) is 1. The Hall–Kier alpha value is -1.59. The van der Waals surface area contributed by atoms with Gasteiger partial charge in [-0.05, 0) is 69.8 Å². The van der Waals surface area contributed by atoms with Crippen molar-refractivity contribution in [2.45, 2.75) is 64.0 Å². The van der Waals surface area contributed by atoms with Gasteiger partial charge < -0.3 is 14.7 Å². The Balaban J connectivity index is 1.53. The molecule has 1 saturated heterocycles. The molecule has 1 saturated carbocycles. The molecule has 2 aliphatic rings. The maximum Gasteiger partial charge on any atom is 0.236 e. The summed E-state index contributed by atoms with van der Waals surface area (Å²) in [6.07, 6.45) is 6.39. The molecular formula is C22H34N2O3. The first-order valence-electron chi connectivity index (χ1n) is 10.3. The second-order valence-corrected chi connectivity index (χ2v) is 8.53. The number of nitrogens with zero attached hydrogens (tertiary/aromatic N) is 2. The number of amides is 1. The van der Waals surface area contributed by atoms with E-state index in [0.29, 0.717) is 25.6 Å². The molecule has 5 nitrogen and oxygen atoms in total. The molecule has 27 heavy (non-hydrogen) atoms. The van der Waals surface area contributed by atoms with Crippen LogP contribution in [-0.2, 0) is 4.79 Å². The second-order valence-electron chi connectivity index (χ2n) is 8.53. The molecule has 1 aliphatic carbocycles. The van der Waals surface area contributed by atoms with Crippen molar-refractivity contribution in [3.05, 3.63) is 29.3 Å². The number of carbonyl (C=O) groups is 1. The lowest BCUT2D eigenvalue weighted by Gasteiger charge is -2.39. The zero-order valence-electron chi connectivity index (χ0n) is 17.0. The third kappa shape index (κ3) is 5.23. The molecule has 0 spiro atoms. The van der Waals surface area contributed by atoms with Gasteiger partial charge in [0, 0.05) is 12.6 Å². The standard InChI is InChI=1S/C22H34N2O3/c1-17-9-10-20(13-18(17)2)27-16-22(26)11-6-12-24(15-22)21(25)14-23(3)19-7-4-5-8-19/h9-10,13,19,26H,4-8,11-12,14-16H2,1-3H3. The van der Waals surface area contributed by atoms with Crippen molar-refractivity contribution in [2.75, 3.05) is 33.3 Å². The molecule has 0 radical (unpaired) electrons. The summed E-state index contributed by atoms with van der Waals surface area (Å²) >= 11 is 0. The van der Waals surface area contributed by atoms with Crippen LogP contribution in [0.15, 0.2) is 18.2 Å². The van der Waals surface area contributed by atoms with E-state index in [-0.39, 0.29) is 12.5 Å². The molecule has 1 aromatic carbocycles. The smallest absolute Gasteiger partial charge is 0.236 e. The van der Waals surface area contributed by atoms with Crippen molar-refractivity contribution in [1.29, 1.82) is 0 Å². The lowest BCUT2D eigenvalue weighted by Crippen LogP contribution is -2.55. The van der Waals surface area contributed by atoms with Crippen LogP contribution in [0, 0.1) is 13.8 Å². The van der Waals surface area contributed by atoms with E-state index in [1.807, 2.05) is 30.1 Å². The molecule has 1 N–H and O–H groups in total. The summed E-state index contributed by atoms with van der Waals surface area (Å²) in [5, 5.41) is 11.0. The zero-order chi connectivity index (χ0) is 19.4. The Labute approximate surface area is 163 Å². The largest absolute Gasteiger partial charge is 0.491 e. The Morgan fingerprint density at radius 3 is 2.70 bits per heavy atom. The van der Waals surface area contributed by atoms with Crippen LogP contribution in [-0.4, -0.2) is 65.7 Å². The van der Waals surface area contributed by atoms with Gasteiger partial charge in [0.05, 0.1) is 13.1 Å². The van der Waals surface area contributed by atoms with Gasteiger partial charge in [-0.2, -0.15) is 0 Å². The van der Waals surface area contributed by atoms with E-state index in [0.717, 1.165) is 18.7 Å². The molecular weight excluding hydrogens is 340 g/mol. The fraction of sp³-hybridized carbons (Fsp3) is 0.682. The topological polar surface area (TPSA) is 53.0 Å². The summed E-state index contributed by atoms with van der Waals surface area (Å²) in [5.41, 5.74) is 1.43. The van der Waals surface area contributed by atoms with Gasteiger partial charge in [-0.3, -0.25) is 9.69 Å². The molecule has 1 atom stereocenters. The predicted octanol–water partition coefficient (Wildman–Crippen LogP) is 2.91. The van der Waals surface area contributed by atoms with Crippen LogP contribution in [0.4, 0.5) is 0 Å². The molecule has 2 fully saturated rings. The summed E-state index contributed by atoms with van der Waals surface area (Å²) in [6.45, 7) is 5.87. The van der Waals surface area contributed by atoms with Gasteiger partial charge in [-0.1, -0.05) is 18.9 Å². The highest BCUT2D eigenvalue weighted by Crippen LogP contribution is 2.25. The van der Waals surface area contributed by atoms with E-state index in [4.69, 9.17) is 4.74 Å². The second kappa shape index (κ2) is 8.61. The summed E-state index contributed by atoms with van der Waals surface area (Å²) in [4.78, 5) is 16.7. The van der Waals surface area contributed by atoms with E-state index < -0.39 is 5.60 Å². The number of likely N-dealkylation sites (tertiary alicyclic amines) is 1. The van der Waals surface area contributed by atoms with Crippen LogP contribution in [0.25, 0.3) is 0 Å². The van der Waals surface area contributed by atoms with Crippen molar-refractivity contribution in [3.63, 3.8) is 0 Å². The highest BCUT2D eigenvalue weighted by Gasteiger charge is 2.36. The minimum absolute atomic E-state index is 0.119. The van der Waals surface area contributed by atoms with Crippen molar-refractivity contribution < 1.29 is 14.6 Å². The van der Waals surface area contributed by atoms with E-state index >= 15 is 0 Å². The molecule has 1 unspecified atom stereocenters. The first-order chi connectivity index (χ1) is 12.9. The number of ether oxygens (including phenoxy) is 1. The van der Waals surface area contributed by atoms with Crippen LogP contribution in [0.2, 0.25) is 0 Å². The van der Waals surface area contributed by atoms with E-state index in [1.165, 1.54) is 36.8 Å². The molecule has 1 amide bonds. The number of carbonyl (C=O) groups excluding carboxylic acids is 1. The number of piperidine rings is 1. The zero-order valence-corrected chi connectivity index (χ0v) is 17.0. The minimum Gasteiger partial charge on any atom is -0.491 e. The fourth-order valence-corrected chi connectivity index (χ4v) is 4.25. The number of aryl methyl sites for hydroxylation is 2. The van der Waals surface area contributed by atoms with Gasteiger partial charge in [-0.25, -0.2) is 0 Å².